The third-order valence-electron chi connectivity index (χ3n) is 5.82. The number of alkyl halides is 7. The van der Waals surface area contributed by atoms with E-state index in [2.05, 4.69) is 9.97 Å². The quantitative estimate of drug-likeness (QED) is 0.184. The van der Waals surface area contributed by atoms with Gasteiger partial charge in [0.05, 0.1) is 35.0 Å². The molecule has 3 nitrogen and oxygen atoms in total. The molecule has 0 amide bonds. The molecular weight excluding hydrogens is 540 g/mol. The Bertz CT molecular complexity index is 1460. The minimum atomic E-state index is -4.33. The summed E-state index contributed by atoms with van der Waals surface area (Å²) < 4.78 is 74.8. The molecule has 4 rings (SSSR count). The SMILES string of the molecule is Cc1nc(-c2ccc(C(F)(F)F)cc2)ccc1CC#N.Cc1nc(-c2ccc(C(F)(F)F)cc2)ccc1CCl. The zero-order valence-electron chi connectivity index (χ0n) is 20.8. The van der Waals surface area contributed by atoms with Gasteiger partial charge in [-0.05, 0) is 61.4 Å². The number of hydrogen-bond donors (Lipinski definition) is 0. The number of aromatic nitrogens is 2. The van der Waals surface area contributed by atoms with Crippen molar-refractivity contribution in [1.29, 1.82) is 5.26 Å². The second-order valence-electron chi connectivity index (χ2n) is 8.50. The number of hydrogen-bond acceptors (Lipinski definition) is 3. The Balaban J connectivity index is 0.000000216. The first-order valence-electron chi connectivity index (χ1n) is 11.5. The molecule has 0 saturated carbocycles. The average molecular weight is 562 g/mol. The van der Waals surface area contributed by atoms with Gasteiger partial charge >= 0.3 is 12.4 Å². The lowest BCUT2D eigenvalue weighted by molar-refractivity contribution is -0.138. The highest BCUT2D eigenvalue weighted by molar-refractivity contribution is 6.17. The van der Waals surface area contributed by atoms with Gasteiger partial charge in [-0.2, -0.15) is 31.6 Å². The summed E-state index contributed by atoms with van der Waals surface area (Å²) in [6.07, 6.45) is -8.38. The minimum Gasteiger partial charge on any atom is -0.253 e. The van der Waals surface area contributed by atoms with Crippen LogP contribution in [0.1, 0.15) is 33.6 Å². The Morgan fingerprint density at radius 1 is 0.641 bits per heavy atom. The van der Waals surface area contributed by atoms with Gasteiger partial charge in [-0.3, -0.25) is 9.97 Å². The number of nitrogens with zero attached hydrogens (tertiary/aromatic N) is 3. The monoisotopic (exact) mass is 561 g/mol. The largest absolute Gasteiger partial charge is 0.416 e. The molecule has 2 aromatic heterocycles. The van der Waals surface area contributed by atoms with E-state index in [0.29, 0.717) is 34.1 Å². The normalized spacial score (nSPS) is 11.4. The molecule has 0 spiro atoms. The van der Waals surface area contributed by atoms with E-state index in [1.807, 2.05) is 19.1 Å². The molecule has 0 radical (unpaired) electrons. The van der Waals surface area contributed by atoms with E-state index in [0.717, 1.165) is 41.1 Å². The molecule has 0 atom stereocenters. The summed E-state index contributed by atoms with van der Waals surface area (Å²) in [5, 5.41) is 8.65. The van der Waals surface area contributed by atoms with E-state index >= 15 is 0 Å². The Morgan fingerprint density at radius 3 is 1.33 bits per heavy atom. The van der Waals surface area contributed by atoms with Crippen molar-refractivity contribution in [3.05, 3.63) is 106 Å². The lowest BCUT2D eigenvalue weighted by atomic mass is 10.1. The molecule has 2 heterocycles. The third-order valence-corrected chi connectivity index (χ3v) is 6.11. The van der Waals surface area contributed by atoms with E-state index < -0.39 is 23.5 Å². The molecule has 0 aliphatic carbocycles. The number of aryl methyl sites for hydroxylation is 2. The van der Waals surface area contributed by atoms with Crippen molar-refractivity contribution in [3.63, 3.8) is 0 Å². The van der Waals surface area contributed by atoms with E-state index in [4.69, 9.17) is 16.9 Å². The highest BCUT2D eigenvalue weighted by atomic mass is 35.5. The number of nitriles is 1. The molecule has 0 aliphatic rings. The third kappa shape index (κ3) is 7.80. The fourth-order valence-electron chi connectivity index (χ4n) is 3.57. The average Bonchev–Trinajstić information content (AvgIpc) is 2.89. The zero-order chi connectivity index (χ0) is 28.8. The summed E-state index contributed by atoms with van der Waals surface area (Å²) in [6.45, 7) is 3.60. The fourth-order valence-corrected chi connectivity index (χ4v) is 3.86. The number of pyridine rings is 2. The van der Waals surface area contributed by atoms with Gasteiger partial charge in [0.25, 0.3) is 0 Å². The summed E-state index contributed by atoms with van der Waals surface area (Å²) in [4.78, 5) is 8.66. The van der Waals surface area contributed by atoms with Crippen LogP contribution >= 0.6 is 11.6 Å². The molecule has 0 saturated heterocycles. The van der Waals surface area contributed by atoms with Crippen LogP contribution in [0, 0.1) is 25.2 Å². The Kier molecular flexibility index (Phi) is 9.36. The van der Waals surface area contributed by atoms with Gasteiger partial charge in [0, 0.05) is 28.4 Å². The van der Waals surface area contributed by atoms with Crippen molar-refractivity contribution in [2.75, 3.05) is 0 Å². The van der Waals surface area contributed by atoms with Crippen molar-refractivity contribution in [3.8, 4) is 28.6 Å². The summed E-state index contributed by atoms with van der Waals surface area (Å²) in [5.41, 5.74) is 4.39. The molecule has 4 aromatic rings. The first-order chi connectivity index (χ1) is 18.3. The van der Waals surface area contributed by atoms with Crippen LogP contribution < -0.4 is 0 Å². The maximum atomic E-state index is 12.5. The number of benzene rings is 2. The first kappa shape index (κ1) is 29.7. The molecule has 2 aromatic carbocycles. The van der Waals surface area contributed by atoms with Crippen LogP contribution in [0.3, 0.4) is 0 Å². The van der Waals surface area contributed by atoms with Crippen molar-refractivity contribution < 1.29 is 26.3 Å². The summed E-state index contributed by atoms with van der Waals surface area (Å²) >= 11 is 5.74. The van der Waals surface area contributed by atoms with Crippen molar-refractivity contribution in [1.82, 2.24) is 9.97 Å². The first-order valence-corrected chi connectivity index (χ1v) is 12.1. The van der Waals surface area contributed by atoms with Gasteiger partial charge in [0.1, 0.15) is 0 Å². The predicted octanol–water partition coefficient (Wildman–Crippen LogP) is 8.96. The molecule has 0 unspecified atom stereocenters. The van der Waals surface area contributed by atoms with Gasteiger partial charge in [-0.15, -0.1) is 11.6 Å². The van der Waals surface area contributed by atoms with Crippen LogP contribution in [-0.2, 0) is 24.7 Å². The lowest BCUT2D eigenvalue weighted by Crippen LogP contribution is -2.04. The second kappa shape index (κ2) is 12.3. The molecule has 0 aliphatic heterocycles. The van der Waals surface area contributed by atoms with Crippen molar-refractivity contribution in [2.45, 2.75) is 38.5 Å². The molecule has 0 bridgehead atoms. The van der Waals surface area contributed by atoms with Crippen LogP contribution in [-0.4, -0.2) is 9.97 Å². The molecular formula is C29H22ClF6N3. The zero-order valence-corrected chi connectivity index (χ0v) is 21.6. The highest BCUT2D eigenvalue weighted by Gasteiger charge is 2.30. The fraction of sp³-hybridized carbons (Fsp3) is 0.207. The predicted molar refractivity (Wildman–Crippen MR) is 138 cm³/mol. The highest BCUT2D eigenvalue weighted by Crippen LogP contribution is 2.32. The van der Waals surface area contributed by atoms with Crippen LogP contribution in [0.15, 0.2) is 72.8 Å². The molecule has 0 fully saturated rings. The van der Waals surface area contributed by atoms with Crippen LogP contribution in [0.5, 0.6) is 0 Å². The van der Waals surface area contributed by atoms with Gasteiger partial charge in [0.15, 0.2) is 0 Å². The lowest BCUT2D eigenvalue weighted by Gasteiger charge is -2.08. The second-order valence-corrected chi connectivity index (χ2v) is 8.77. The van der Waals surface area contributed by atoms with Gasteiger partial charge in [-0.1, -0.05) is 36.4 Å². The molecule has 10 heteroatoms. The maximum Gasteiger partial charge on any atom is 0.416 e. The van der Waals surface area contributed by atoms with Gasteiger partial charge in [0.2, 0.25) is 0 Å². The van der Waals surface area contributed by atoms with E-state index in [-0.39, 0.29) is 6.42 Å². The van der Waals surface area contributed by atoms with E-state index in [1.54, 1.807) is 25.1 Å². The van der Waals surface area contributed by atoms with Crippen LogP contribution in [0.25, 0.3) is 22.5 Å². The molecule has 0 N–H and O–H groups in total. The topological polar surface area (TPSA) is 49.6 Å². The van der Waals surface area contributed by atoms with Crippen LogP contribution in [0.2, 0.25) is 0 Å². The van der Waals surface area contributed by atoms with Crippen LogP contribution in [0.4, 0.5) is 26.3 Å². The minimum absolute atomic E-state index is 0.270. The Hall–Kier alpha value is -3.90. The molecule has 39 heavy (non-hydrogen) atoms. The number of rotatable bonds is 4. The summed E-state index contributed by atoms with van der Waals surface area (Å²) in [5.74, 6) is 0.367. The van der Waals surface area contributed by atoms with Crippen molar-refractivity contribution >= 4 is 11.6 Å². The molecule has 202 valence electrons. The maximum absolute atomic E-state index is 12.5. The Morgan fingerprint density at radius 2 is 1.03 bits per heavy atom. The smallest absolute Gasteiger partial charge is 0.253 e. The van der Waals surface area contributed by atoms with E-state index in [1.165, 1.54) is 24.3 Å². The number of halogens is 7. The van der Waals surface area contributed by atoms with Gasteiger partial charge < -0.3 is 0 Å². The van der Waals surface area contributed by atoms with E-state index in [9.17, 15) is 26.3 Å². The Labute approximate surface area is 226 Å². The van der Waals surface area contributed by atoms with Gasteiger partial charge in [-0.25, -0.2) is 0 Å². The summed E-state index contributed by atoms with van der Waals surface area (Å²) in [7, 11) is 0. The standard InChI is InChI=1S/C15H11F3N2.C14H11ClF3N/c1-10-11(8-9-19)4-7-14(20-10)12-2-5-13(6-3-12)15(16,17)18;1-9-11(8-15)4-7-13(19-9)10-2-5-12(6-3-10)14(16,17)18/h2-7H,8H2,1H3;2-7H,8H2,1H3. The summed E-state index contributed by atoms with van der Waals surface area (Å²) in [6, 6.07) is 19.0. The van der Waals surface area contributed by atoms with Crippen molar-refractivity contribution in [2.24, 2.45) is 0 Å².